The standard InChI is InChI=1S/C10H21NO2/c12-7-4-2-1-3-6-11-10-5-8-13-9-10/h10-12H,1-9H2. The third-order valence-corrected chi connectivity index (χ3v) is 2.45. The summed E-state index contributed by atoms with van der Waals surface area (Å²) < 4.78 is 5.26. The van der Waals surface area contributed by atoms with E-state index in [4.69, 9.17) is 9.84 Å². The number of aliphatic hydroxyl groups is 1. The molecular formula is C10H21NO2. The van der Waals surface area contributed by atoms with E-state index in [2.05, 4.69) is 5.32 Å². The van der Waals surface area contributed by atoms with E-state index in [1.54, 1.807) is 0 Å². The monoisotopic (exact) mass is 187 g/mol. The van der Waals surface area contributed by atoms with Crippen molar-refractivity contribution in [3.05, 3.63) is 0 Å². The fourth-order valence-electron chi connectivity index (χ4n) is 1.59. The maximum Gasteiger partial charge on any atom is 0.0620 e. The molecule has 0 aromatic rings. The highest BCUT2D eigenvalue weighted by atomic mass is 16.5. The van der Waals surface area contributed by atoms with Crippen LogP contribution < -0.4 is 5.32 Å². The average Bonchev–Trinajstić information content (AvgIpc) is 2.63. The molecule has 1 heterocycles. The van der Waals surface area contributed by atoms with Gasteiger partial charge in [0.15, 0.2) is 0 Å². The van der Waals surface area contributed by atoms with Crippen molar-refractivity contribution in [3.8, 4) is 0 Å². The van der Waals surface area contributed by atoms with Gasteiger partial charge < -0.3 is 15.2 Å². The number of rotatable bonds is 7. The lowest BCUT2D eigenvalue weighted by Crippen LogP contribution is -2.29. The quantitative estimate of drug-likeness (QED) is 0.582. The first-order chi connectivity index (χ1) is 6.43. The smallest absolute Gasteiger partial charge is 0.0620 e. The van der Waals surface area contributed by atoms with Crippen LogP contribution in [0, 0.1) is 0 Å². The van der Waals surface area contributed by atoms with Crippen LogP contribution in [0.25, 0.3) is 0 Å². The second-order valence-electron chi connectivity index (χ2n) is 3.65. The first kappa shape index (κ1) is 11.0. The highest BCUT2D eigenvalue weighted by Crippen LogP contribution is 2.04. The van der Waals surface area contributed by atoms with Crippen molar-refractivity contribution in [1.29, 1.82) is 0 Å². The van der Waals surface area contributed by atoms with Gasteiger partial charge in [0.1, 0.15) is 0 Å². The molecule has 1 rings (SSSR count). The van der Waals surface area contributed by atoms with Gasteiger partial charge in [0.05, 0.1) is 6.61 Å². The molecule has 1 atom stereocenters. The van der Waals surface area contributed by atoms with E-state index in [-0.39, 0.29) is 0 Å². The molecule has 3 nitrogen and oxygen atoms in total. The molecule has 1 aliphatic heterocycles. The van der Waals surface area contributed by atoms with Crippen molar-refractivity contribution in [2.45, 2.75) is 38.1 Å². The van der Waals surface area contributed by atoms with Gasteiger partial charge in [-0.2, -0.15) is 0 Å². The average molecular weight is 187 g/mol. The van der Waals surface area contributed by atoms with Crippen LogP contribution in [-0.4, -0.2) is 37.5 Å². The lowest BCUT2D eigenvalue weighted by Gasteiger charge is -2.09. The molecule has 13 heavy (non-hydrogen) atoms. The Balaban J connectivity index is 1.78. The summed E-state index contributed by atoms with van der Waals surface area (Å²) in [6, 6.07) is 0.595. The summed E-state index contributed by atoms with van der Waals surface area (Å²) in [6.07, 6.45) is 5.71. The molecule has 2 N–H and O–H groups in total. The molecule has 0 aliphatic carbocycles. The van der Waals surface area contributed by atoms with E-state index in [1.165, 1.54) is 12.8 Å². The molecule has 0 bridgehead atoms. The van der Waals surface area contributed by atoms with Crippen molar-refractivity contribution >= 4 is 0 Å². The van der Waals surface area contributed by atoms with Crippen LogP contribution in [0.5, 0.6) is 0 Å². The van der Waals surface area contributed by atoms with Gasteiger partial charge in [-0.3, -0.25) is 0 Å². The van der Waals surface area contributed by atoms with Crippen LogP contribution in [0.15, 0.2) is 0 Å². The molecule has 0 spiro atoms. The SMILES string of the molecule is OCCCCCCNC1CCOC1. The molecule has 1 aliphatic rings. The molecule has 0 aromatic carbocycles. The minimum Gasteiger partial charge on any atom is -0.396 e. The Morgan fingerprint density at radius 2 is 2.08 bits per heavy atom. The predicted molar refractivity (Wildman–Crippen MR) is 52.8 cm³/mol. The maximum absolute atomic E-state index is 8.56. The number of aliphatic hydroxyl groups excluding tert-OH is 1. The molecule has 1 unspecified atom stereocenters. The Kier molecular flexibility index (Phi) is 6.15. The predicted octanol–water partition coefficient (Wildman–Crippen LogP) is 0.918. The summed E-state index contributed by atoms with van der Waals surface area (Å²) in [4.78, 5) is 0. The number of nitrogens with one attached hydrogen (secondary N) is 1. The second-order valence-corrected chi connectivity index (χ2v) is 3.65. The van der Waals surface area contributed by atoms with Gasteiger partial charge in [0, 0.05) is 19.3 Å². The van der Waals surface area contributed by atoms with E-state index in [0.29, 0.717) is 12.6 Å². The summed E-state index contributed by atoms with van der Waals surface area (Å²) in [6.45, 7) is 3.24. The van der Waals surface area contributed by atoms with Crippen LogP contribution >= 0.6 is 0 Å². The van der Waals surface area contributed by atoms with Crippen LogP contribution in [-0.2, 0) is 4.74 Å². The Morgan fingerprint density at radius 1 is 1.23 bits per heavy atom. The largest absolute Gasteiger partial charge is 0.396 e. The number of ether oxygens (including phenoxy) is 1. The zero-order valence-electron chi connectivity index (χ0n) is 8.30. The second kappa shape index (κ2) is 7.30. The molecular weight excluding hydrogens is 166 g/mol. The van der Waals surface area contributed by atoms with E-state index >= 15 is 0 Å². The molecule has 0 aromatic heterocycles. The third-order valence-electron chi connectivity index (χ3n) is 2.45. The van der Waals surface area contributed by atoms with Crippen molar-refractivity contribution in [3.63, 3.8) is 0 Å². The van der Waals surface area contributed by atoms with Gasteiger partial charge in [-0.25, -0.2) is 0 Å². The third kappa shape index (κ3) is 5.24. The van der Waals surface area contributed by atoms with Gasteiger partial charge in [-0.1, -0.05) is 12.8 Å². The van der Waals surface area contributed by atoms with Gasteiger partial charge in [0.25, 0.3) is 0 Å². The summed E-state index contributed by atoms with van der Waals surface area (Å²) in [5, 5.41) is 12.0. The Bertz CT molecular complexity index is 113. The number of hydrogen-bond acceptors (Lipinski definition) is 3. The first-order valence-corrected chi connectivity index (χ1v) is 5.35. The topological polar surface area (TPSA) is 41.5 Å². The van der Waals surface area contributed by atoms with Crippen molar-refractivity contribution in [2.75, 3.05) is 26.4 Å². The van der Waals surface area contributed by atoms with Crippen LogP contribution in [0.1, 0.15) is 32.1 Å². The van der Waals surface area contributed by atoms with E-state index < -0.39 is 0 Å². The van der Waals surface area contributed by atoms with Crippen LogP contribution in [0.2, 0.25) is 0 Å². The molecule has 78 valence electrons. The van der Waals surface area contributed by atoms with Gasteiger partial charge in [-0.05, 0) is 25.8 Å². The molecule has 1 fully saturated rings. The molecule has 3 heteroatoms. The minimum absolute atomic E-state index is 0.337. The first-order valence-electron chi connectivity index (χ1n) is 5.35. The normalized spacial score (nSPS) is 22.4. The lowest BCUT2D eigenvalue weighted by atomic mass is 10.2. The van der Waals surface area contributed by atoms with Crippen molar-refractivity contribution < 1.29 is 9.84 Å². The van der Waals surface area contributed by atoms with Gasteiger partial charge in [0.2, 0.25) is 0 Å². The molecule has 1 saturated heterocycles. The van der Waals surface area contributed by atoms with E-state index in [9.17, 15) is 0 Å². The molecule has 0 radical (unpaired) electrons. The van der Waals surface area contributed by atoms with Crippen LogP contribution in [0.3, 0.4) is 0 Å². The Morgan fingerprint density at radius 3 is 2.77 bits per heavy atom. The van der Waals surface area contributed by atoms with E-state index in [0.717, 1.165) is 39.0 Å². The summed E-state index contributed by atoms with van der Waals surface area (Å²) in [5.74, 6) is 0. The maximum atomic E-state index is 8.56. The zero-order chi connectivity index (χ0) is 9.36. The van der Waals surface area contributed by atoms with Crippen molar-refractivity contribution in [1.82, 2.24) is 5.32 Å². The summed E-state index contributed by atoms with van der Waals surface area (Å²) >= 11 is 0. The Hall–Kier alpha value is -0.120. The lowest BCUT2D eigenvalue weighted by molar-refractivity contribution is 0.190. The highest BCUT2D eigenvalue weighted by molar-refractivity contribution is 4.70. The van der Waals surface area contributed by atoms with E-state index in [1.807, 2.05) is 0 Å². The summed E-state index contributed by atoms with van der Waals surface area (Å²) in [5.41, 5.74) is 0. The Labute approximate surface area is 80.5 Å². The molecule has 0 saturated carbocycles. The van der Waals surface area contributed by atoms with Crippen LogP contribution in [0.4, 0.5) is 0 Å². The molecule has 0 amide bonds. The zero-order valence-corrected chi connectivity index (χ0v) is 8.30. The number of unbranched alkanes of at least 4 members (excludes halogenated alkanes) is 3. The van der Waals surface area contributed by atoms with Gasteiger partial charge in [-0.15, -0.1) is 0 Å². The fourth-order valence-corrected chi connectivity index (χ4v) is 1.59. The highest BCUT2D eigenvalue weighted by Gasteiger charge is 2.13. The summed E-state index contributed by atoms with van der Waals surface area (Å²) in [7, 11) is 0. The fraction of sp³-hybridized carbons (Fsp3) is 1.00. The van der Waals surface area contributed by atoms with Gasteiger partial charge >= 0.3 is 0 Å². The van der Waals surface area contributed by atoms with Crippen molar-refractivity contribution in [2.24, 2.45) is 0 Å². The minimum atomic E-state index is 0.337. The number of hydrogen-bond donors (Lipinski definition) is 2.